The van der Waals surface area contributed by atoms with Gasteiger partial charge in [-0.3, -0.25) is 4.79 Å². The molecule has 16 heavy (non-hydrogen) atoms. The molecule has 0 aromatic rings. The smallest absolute Gasteiger partial charge is 0.229 e. The standard InChI is InChI=1S/C12H21NO3/c1-16-7-6-12(4-2-3-5-12)11(15)13-8-10(14)9-13/h10,14H,2-9H2,1H3. The number of nitrogens with zero attached hydrogens (tertiary/aromatic N) is 1. The molecule has 2 fully saturated rings. The summed E-state index contributed by atoms with van der Waals surface area (Å²) < 4.78 is 5.11. The van der Waals surface area contributed by atoms with Crippen LogP contribution in [0.4, 0.5) is 0 Å². The van der Waals surface area contributed by atoms with Crippen molar-refractivity contribution in [1.29, 1.82) is 0 Å². The molecule has 0 aromatic heterocycles. The van der Waals surface area contributed by atoms with Gasteiger partial charge in [0, 0.05) is 26.8 Å². The molecule has 0 radical (unpaired) electrons. The van der Waals surface area contributed by atoms with Crippen LogP contribution in [0.2, 0.25) is 0 Å². The highest BCUT2D eigenvalue weighted by atomic mass is 16.5. The van der Waals surface area contributed by atoms with Crippen LogP contribution in [0.15, 0.2) is 0 Å². The number of hydrogen-bond donors (Lipinski definition) is 1. The van der Waals surface area contributed by atoms with Crippen molar-refractivity contribution in [2.45, 2.75) is 38.2 Å². The number of carbonyl (C=O) groups is 1. The van der Waals surface area contributed by atoms with Crippen molar-refractivity contribution in [2.24, 2.45) is 5.41 Å². The van der Waals surface area contributed by atoms with Crippen LogP contribution in [0.3, 0.4) is 0 Å². The zero-order valence-corrected chi connectivity index (χ0v) is 9.95. The van der Waals surface area contributed by atoms with Gasteiger partial charge in [0.1, 0.15) is 0 Å². The molecule has 0 atom stereocenters. The van der Waals surface area contributed by atoms with Crippen molar-refractivity contribution in [1.82, 2.24) is 4.90 Å². The molecular formula is C12H21NO3. The van der Waals surface area contributed by atoms with Gasteiger partial charge in [0.05, 0.1) is 11.5 Å². The number of rotatable bonds is 4. The maximum atomic E-state index is 12.4. The summed E-state index contributed by atoms with van der Waals surface area (Å²) in [6, 6.07) is 0. The van der Waals surface area contributed by atoms with Crippen molar-refractivity contribution in [3.8, 4) is 0 Å². The molecule has 1 aliphatic carbocycles. The van der Waals surface area contributed by atoms with Crippen LogP contribution in [0.5, 0.6) is 0 Å². The molecule has 1 saturated heterocycles. The first kappa shape index (κ1) is 11.9. The molecule has 1 N–H and O–H groups in total. The van der Waals surface area contributed by atoms with E-state index in [0.717, 1.165) is 32.1 Å². The molecule has 0 unspecified atom stereocenters. The van der Waals surface area contributed by atoms with Crippen LogP contribution in [-0.2, 0) is 9.53 Å². The molecule has 1 aliphatic heterocycles. The van der Waals surface area contributed by atoms with Gasteiger partial charge in [-0.25, -0.2) is 0 Å². The first-order valence-corrected chi connectivity index (χ1v) is 6.14. The number of aliphatic hydroxyl groups excluding tert-OH is 1. The quantitative estimate of drug-likeness (QED) is 0.772. The number of amides is 1. The van der Waals surface area contributed by atoms with E-state index < -0.39 is 0 Å². The highest BCUT2D eigenvalue weighted by Crippen LogP contribution is 2.43. The van der Waals surface area contributed by atoms with E-state index in [2.05, 4.69) is 0 Å². The minimum atomic E-state index is -0.301. The number of aliphatic hydroxyl groups is 1. The van der Waals surface area contributed by atoms with Gasteiger partial charge in [-0.15, -0.1) is 0 Å². The predicted octanol–water partition coefficient (Wildman–Crippen LogP) is 0.786. The van der Waals surface area contributed by atoms with Gasteiger partial charge in [0.15, 0.2) is 0 Å². The average Bonchev–Trinajstić information content (AvgIpc) is 2.71. The van der Waals surface area contributed by atoms with Crippen LogP contribution in [0.25, 0.3) is 0 Å². The van der Waals surface area contributed by atoms with Crippen LogP contribution in [0.1, 0.15) is 32.1 Å². The van der Waals surface area contributed by atoms with Crippen molar-refractivity contribution < 1.29 is 14.6 Å². The summed E-state index contributed by atoms with van der Waals surface area (Å²) in [5.74, 6) is 0.243. The van der Waals surface area contributed by atoms with E-state index in [0.29, 0.717) is 19.7 Å². The fraction of sp³-hybridized carbons (Fsp3) is 0.917. The molecular weight excluding hydrogens is 206 g/mol. The molecule has 92 valence electrons. The molecule has 4 heteroatoms. The van der Waals surface area contributed by atoms with Crippen molar-refractivity contribution in [2.75, 3.05) is 26.8 Å². The number of β-amino-alcohol motifs (C(OH)–C–C–N with tert-alkyl or cyclic N) is 1. The third kappa shape index (κ3) is 2.09. The van der Waals surface area contributed by atoms with Crippen molar-refractivity contribution >= 4 is 5.91 Å². The Kier molecular flexibility index (Phi) is 3.50. The fourth-order valence-electron chi connectivity index (χ4n) is 2.88. The summed E-state index contributed by atoms with van der Waals surface area (Å²) in [7, 11) is 1.68. The van der Waals surface area contributed by atoms with Gasteiger partial charge >= 0.3 is 0 Å². The van der Waals surface area contributed by atoms with E-state index in [1.165, 1.54) is 0 Å². The van der Waals surface area contributed by atoms with E-state index in [9.17, 15) is 9.90 Å². The second kappa shape index (κ2) is 4.72. The average molecular weight is 227 g/mol. The SMILES string of the molecule is COCCC1(C(=O)N2CC(O)C2)CCCC1. The van der Waals surface area contributed by atoms with Crippen molar-refractivity contribution in [3.05, 3.63) is 0 Å². The predicted molar refractivity (Wildman–Crippen MR) is 60.0 cm³/mol. The van der Waals surface area contributed by atoms with Crippen LogP contribution < -0.4 is 0 Å². The normalized spacial score (nSPS) is 24.5. The topological polar surface area (TPSA) is 49.8 Å². The van der Waals surface area contributed by atoms with Crippen LogP contribution in [0, 0.1) is 5.41 Å². The Bertz CT molecular complexity index is 255. The highest BCUT2D eigenvalue weighted by Gasteiger charge is 2.45. The summed E-state index contributed by atoms with van der Waals surface area (Å²) in [5, 5.41) is 9.25. The highest BCUT2D eigenvalue weighted by molar-refractivity contribution is 5.83. The Hall–Kier alpha value is -0.610. The number of likely N-dealkylation sites (tertiary alicyclic amines) is 1. The first-order chi connectivity index (χ1) is 7.68. The van der Waals surface area contributed by atoms with Crippen LogP contribution in [-0.4, -0.2) is 48.8 Å². The lowest BCUT2D eigenvalue weighted by molar-refractivity contribution is -0.153. The Morgan fingerprint density at radius 3 is 2.56 bits per heavy atom. The lowest BCUT2D eigenvalue weighted by atomic mass is 9.80. The number of methoxy groups -OCH3 is 1. The summed E-state index contributed by atoms with van der Waals surface area (Å²) >= 11 is 0. The van der Waals surface area contributed by atoms with E-state index in [-0.39, 0.29) is 17.4 Å². The first-order valence-electron chi connectivity index (χ1n) is 6.14. The largest absolute Gasteiger partial charge is 0.389 e. The van der Waals surface area contributed by atoms with Crippen molar-refractivity contribution in [3.63, 3.8) is 0 Å². The Morgan fingerprint density at radius 2 is 2.06 bits per heavy atom. The van der Waals surface area contributed by atoms with Gasteiger partial charge in [0.25, 0.3) is 0 Å². The maximum Gasteiger partial charge on any atom is 0.229 e. The number of carbonyl (C=O) groups excluding carboxylic acids is 1. The summed E-state index contributed by atoms with van der Waals surface area (Å²) in [4.78, 5) is 14.2. The Labute approximate surface area is 96.6 Å². The van der Waals surface area contributed by atoms with Crippen LogP contribution >= 0.6 is 0 Å². The minimum Gasteiger partial charge on any atom is -0.389 e. The van der Waals surface area contributed by atoms with Gasteiger partial charge in [0.2, 0.25) is 5.91 Å². The summed E-state index contributed by atoms with van der Waals surface area (Å²) in [5.41, 5.74) is -0.184. The van der Waals surface area contributed by atoms with E-state index in [1.54, 1.807) is 12.0 Å². The molecule has 4 nitrogen and oxygen atoms in total. The minimum absolute atomic E-state index is 0.184. The number of hydrogen-bond acceptors (Lipinski definition) is 3. The second-order valence-electron chi connectivity index (χ2n) is 5.09. The molecule has 2 rings (SSSR count). The monoisotopic (exact) mass is 227 g/mol. The third-order valence-electron chi connectivity index (χ3n) is 3.95. The molecule has 2 aliphatic rings. The fourth-order valence-corrected chi connectivity index (χ4v) is 2.88. The maximum absolute atomic E-state index is 12.4. The van der Waals surface area contributed by atoms with Gasteiger partial charge < -0.3 is 14.7 Å². The molecule has 0 bridgehead atoms. The van der Waals surface area contributed by atoms with Gasteiger partial charge in [-0.1, -0.05) is 12.8 Å². The third-order valence-corrected chi connectivity index (χ3v) is 3.95. The van der Waals surface area contributed by atoms with E-state index >= 15 is 0 Å². The lowest BCUT2D eigenvalue weighted by Crippen LogP contribution is -2.57. The molecule has 1 saturated carbocycles. The molecule has 1 amide bonds. The Balaban J connectivity index is 1.98. The number of ether oxygens (including phenoxy) is 1. The lowest BCUT2D eigenvalue weighted by Gasteiger charge is -2.42. The second-order valence-corrected chi connectivity index (χ2v) is 5.09. The molecule has 1 heterocycles. The molecule has 0 aromatic carbocycles. The van der Waals surface area contributed by atoms with Gasteiger partial charge in [-0.05, 0) is 19.3 Å². The molecule has 0 spiro atoms. The summed E-state index contributed by atoms with van der Waals surface area (Å²) in [6.45, 7) is 1.70. The van der Waals surface area contributed by atoms with Gasteiger partial charge in [-0.2, -0.15) is 0 Å². The Morgan fingerprint density at radius 1 is 1.44 bits per heavy atom. The summed E-state index contributed by atoms with van der Waals surface area (Å²) in [6.07, 6.45) is 4.79. The van der Waals surface area contributed by atoms with E-state index in [1.807, 2.05) is 0 Å². The van der Waals surface area contributed by atoms with E-state index in [4.69, 9.17) is 4.74 Å². The zero-order valence-electron chi connectivity index (χ0n) is 9.95. The zero-order chi connectivity index (χ0) is 11.6.